The number of aromatic nitrogens is 1. The second-order valence-corrected chi connectivity index (χ2v) is 4.91. The Bertz CT molecular complexity index is 702. The number of carbonyl (C=O) groups is 1. The Morgan fingerprint density at radius 2 is 1.90 bits per heavy atom. The lowest BCUT2D eigenvalue weighted by Crippen LogP contribution is -2.28. The lowest BCUT2D eigenvalue weighted by atomic mass is 10.1. The van der Waals surface area contributed by atoms with Crippen LogP contribution in [-0.2, 0) is 6.54 Å². The van der Waals surface area contributed by atoms with Crippen LogP contribution in [0.5, 0.6) is 0 Å². The van der Waals surface area contributed by atoms with Crippen LogP contribution in [-0.4, -0.2) is 40.2 Å². The van der Waals surface area contributed by atoms with E-state index in [9.17, 15) is 14.7 Å². The number of aromatic carboxylic acids is 1. The highest BCUT2D eigenvalue weighted by Gasteiger charge is 2.14. The molecule has 0 atom stereocenters. The van der Waals surface area contributed by atoms with Crippen LogP contribution in [0.4, 0.5) is 0 Å². The fraction of sp³-hybridized carbons (Fsp3) is 0.375. The lowest BCUT2D eigenvalue weighted by Gasteiger charge is -2.20. The molecule has 1 aromatic carbocycles. The molecule has 0 radical (unpaired) electrons. The predicted molar refractivity (Wildman–Crippen MR) is 83.0 cm³/mol. The maximum absolute atomic E-state index is 12.2. The van der Waals surface area contributed by atoms with Gasteiger partial charge in [-0.3, -0.25) is 4.79 Å². The van der Waals surface area contributed by atoms with Gasteiger partial charge in [-0.15, -0.1) is 0 Å². The standard InChI is InChI=1S/C16H20N2O3/c1-3-17(4-2)9-10-18-11-13(16(20)21)15(19)12-7-5-6-8-14(12)18/h5-8,11H,3-4,9-10H2,1-2H3,(H,20,21). The second-order valence-electron chi connectivity index (χ2n) is 4.91. The minimum Gasteiger partial charge on any atom is -0.477 e. The normalized spacial score (nSPS) is 11.2. The van der Waals surface area contributed by atoms with Crippen LogP contribution < -0.4 is 5.43 Å². The Kier molecular flexibility index (Phi) is 4.75. The first-order chi connectivity index (χ1) is 10.1. The summed E-state index contributed by atoms with van der Waals surface area (Å²) in [5.41, 5.74) is 0.185. The van der Waals surface area contributed by atoms with Crippen molar-refractivity contribution in [3.8, 4) is 0 Å². The van der Waals surface area contributed by atoms with E-state index in [4.69, 9.17) is 0 Å². The summed E-state index contributed by atoms with van der Waals surface area (Å²) in [7, 11) is 0. The molecule has 0 saturated heterocycles. The molecular weight excluding hydrogens is 268 g/mol. The molecule has 0 aliphatic carbocycles. The molecule has 0 spiro atoms. The average Bonchev–Trinajstić information content (AvgIpc) is 2.50. The zero-order valence-corrected chi connectivity index (χ0v) is 12.4. The first kappa shape index (κ1) is 15.3. The van der Waals surface area contributed by atoms with Crippen LogP contribution in [0.2, 0.25) is 0 Å². The van der Waals surface area contributed by atoms with Gasteiger partial charge in [0, 0.05) is 24.7 Å². The molecule has 0 saturated carbocycles. The summed E-state index contributed by atoms with van der Waals surface area (Å²) >= 11 is 0. The highest BCUT2D eigenvalue weighted by molar-refractivity contribution is 5.92. The number of likely N-dealkylation sites (N-methyl/N-ethyl adjacent to an activating group) is 1. The summed E-state index contributed by atoms with van der Waals surface area (Å²) in [6, 6.07) is 7.14. The Morgan fingerprint density at radius 1 is 1.24 bits per heavy atom. The Hall–Kier alpha value is -2.14. The van der Waals surface area contributed by atoms with Crippen molar-refractivity contribution < 1.29 is 9.90 Å². The zero-order chi connectivity index (χ0) is 15.4. The molecule has 2 aromatic rings. The van der Waals surface area contributed by atoms with E-state index in [0.29, 0.717) is 11.9 Å². The van der Waals surface area contributed by atoms with Gasteiger partial charge >= 0.3 is 5.97 Å². The van der Waals surface area contributed by atoms with Crippen molar-refractivity contribution in [3.05, 3.63) is 46.2 Å². The number of hydrogen-bond donors (Lipinski definition) is 1. The van der Waals surface area contributed by atoms with Gasteiger partial charge < -0.3 is 14.6 Å². The Labute approximate surface area is 123 Å². The molecule has 21 heavy (non-hydrogen) atoms. The summed E-state index contributed by atoms with van der Waals surface area (Å²) in [5, 5.41) is 9.65. The van der Waals surface area contributed by atoms with E-state index in [1.807, 2.05) is 16.7 Å². The number of fused-ring (bicyclic) bond motifs is 1. The van der Waals surface area contributed by atoms with E-state index in [2.05, 4.69) is 18.7 Å². The number of carboxylic acids is 1. The van der Waals surface area contributed by atoms with Crippen LogP contribution in [0.15, 0.2) is 35.3 Å². The molecule has 5 heteroatoms. The molecule has 0 amide bonds. The maximum atomic E-state index is 12.2. The molecule has 1 heterocycles. The SMILES string of the molecule is CCN(CC)CCn1cc(C(=O)O)c(=O)c2ccccc21. The number of carboxylic acid groups (broad SMARTS) is 1. The van der Waals surface area contributed by atoms with E-state index in [1.165, 1.54) is 6.20 Å². The molecule has 1 N–H and O–H groups in total. The van der Waals surface area contributed by atoms with Crippen molar-refractivity contribution in [1.29, 1.82) is 0 Å². The van der Waals surface area contributed by atoms with E-state index in [0.717, 1.165) is 25.2 Å². The first-order valence-electron chi connectivity index (χ1n) is 7.16. The Morgan fingerprint density at radius 3 is 2.52 bits per heavy atom. The van der Waals surface area contributed by atoms with E-state index >= 15 is 0 Å². The fourth-order valence-electron chi connectivity index (χ4n) is 2.47. The van der Waals surface area contributed by atoms with E-state index in [-0.39, 0.29) is 5.56 Å². The van der Waals surface area contributed by atoms with Crippen molar-refractivity contribution in [3.63, 3.8) is 0 Å². The highest BCUT2D eigenvalue weighted by Crippen LogP contribution is 2.12. The lowest BCUT2D eigenvalue weighted by molar-refractivity contribution is 0.0694. The topological polar surface area (TPSA) is 62.5 Å². The van der Waals surface area contributed by atoms with Crippen molar-refractivity contribution in [2.24, 2.45) is 0 Å². The van der Waals surface area contributed by atoms with Gasteiger partial charge in [0.05, 0.1) is 5.52 Å². The van der Waals surface area contributed by atoms with Gasteiger partial charge in [0.15, 0.2) is 0 Å². The largest absolute Gasteiger partial charge is 0.477 e. The van der Waals surface area contributed by atoms with Gasteiger partial charge in [0.1, 0.15) is 5.56 Å². The molecule has 0 unspecified atom stereocenters. The Balaban J connectivity index is 2.49. The monoisotopic (exact) mass is 288 g/mol. The van der Waals surface area contributed by atoms with E-state index < -0.39 is 11.4 Å². The molecular formula is C16H20N2O3. The van der Waals surface area contributed by atoms with Gasteiger partial charge in [-0.1, -0.05) is 26.0 Å². The van der Waals surface area contributed by atoms with Crippen molar-refractivity contribution >= 4 is 16.9 Å². The summed E-state index contributed by atoms with van der Waals surface area (Å²) in [6.45, 7) is 7.55. The highest BCUT2D eigenvalue weighted by atomic mass is 16.4. The molecule has 1 aromatic heterocycles. The second kappa shape index (κ2) is 6.54. The third-order valence-electron chi connectivity index (χ3n) is 3.77. The summed E-state index contributed by atoms with van der Waals surface area (Å²) < 4.78 is 1.86. The number of hydrogen-bond acceptors (Lipinski definition) is 3. The molecule has 2 rings (SSSR count). The van der Waals surface area contributed by atoms with Gasteiger partial charge in [-0.25, -0.2) is 4.79 Å². The van der Waals surface area contributed by atoms with Crippen LogP contribution in [0.25, 0.3) is 10.9 Å². The minimum atomic E-state index is -1.18. The molecule has 5 nitrogen and oxygen atoms in total. The van der Waals surface area contributed by atoms with Crippen LogP contribution in [0.1, 0.15) is 24.2 Å². The third kappa shape index (κ3) is 3.13. The summed E-state index contributed by atoms with van der Waals surface area (Å²) in [6.07, 6.45) is 1.45. The smallest absolute Gasteiger partial charge is 0.341 e. The van der Waals surface area contributed by atoms with Crippen LogP contribution >= 0.6 is 0 Å². The van der Waals surface area contributed by atoms with Crippen molar-refractivity contribution in [2.75, 3.05) is 19.6 Å². The predicted octanol–water partition coefficient (Wildman–Crippen LogP) is 2.04. The number of para-hydroxylation sites is 1. The average molecular weight is 288 g/mol. The van der Waals surface area contributed by atoms with Gasteiger partial charge in [0.2, 0.25) is 5.43 Å². The van der Waals surface area contributed by atoms with Crippen molar-refractivity contribution in [1.82, 2.24) is 9.47 Å². The van der Waals surface area contributed by atoms with Gasteiger partial charge in [-0.2, -0.15) is 0 Å². The quantitative estimate of drug-likeness (QED) is 0.883. The fourth-order valence-corrected chi connectivity index (χ4v) is 2.47. The van der Waals surface area contributed by atoms with Gasteiger partial charge in [-0.05, 0) is 25.2 Å². The van der Waals surface area contributed by atoms with Crippen LogP contribution in [0.3, 0.4) is 0 Å². The van der Waals surface area contributed by atoms with E-state index in [1.54, 1.807) is 12.1 Å². The van der Waals surface area contributed by atoms with Gasteiger partial charge in [0.25, 0.3) is 0 Å². The maximum Gasteiger partial charge on any atom is 0.341 e. The number of benzene rings is 1. The number of nitrogens with zero attached hydrogens (tertiary/aromatic N) is 2. The number of rotatable bonds is 6. The summed E-state index contributed by atoms with van der Waals surface area (Å²) in [5.74, 6) is -1.18. The summed E-state index contributed by atoms with van der Waals surface area (Å²) in [4.78, 5) is 25.7. The molecule has 0 aliphatic rings. The first-order valence-corrected chi connectivity index (χ1v) is 7.16. The molecule has 0 bridgehead atoms. The molecule has 0 aliphatic heterocycles. The molecule has 112 valence electrons. The molecule has 0 fully saturated rings. The zero-order valence-electron chi connectivity index (χ0n) is 12.4. The third-order valence-corrected chi connectivity index (χ3v) is 3.77. The minimum absolute atomic E-state index is 0.173. The van der Waals surface area contributed by atoms with Crippen LogP contribution in [0, 0.1) is 0 Å². The van der Waals surface area contributed by atoms with Crippen molar-refractivity contribution in [2.45, 2.75) is 20.4 Å². The number of pyridine rings is 1.